The second-order valence-electron chi connectivity index (χ2n) is 10.3. The van der Waals surface area contributed by atoms with E-state index in [2.05, 4.69) is 141 Å². The van der Waals surface area contributed by atoms with Crippen molar-refractivity contribution in [2.24, 2.45) is 11.8 Å². The van der Waals surface area contributed by atoms with Crippen LogP contribution in [-0.4, -0.2) is 59.0 Å². The van der Waals surface area contributed by atoms with Crippen LogP contribution in [0.25, 0.3) is 0 Å². The summed E-state index contributed by atoms with van der Waals surface area (Å²) in [5.41, 5.74) is 0. The predicted octanol–water partition coefficient (Wildman–Crippen LogP) is 7.75. The standard InChI is InChI=1S/C21H27O2P.C15H15P.C3H4O2.Al.B.HN/c1-3-17(15-18(4-2)21(22)23)16-24(19-11-7-5-8-12-19)20-13-9-6-10-14-20;1-2-13-16(14-9-5-3-6-10-14)15-11-7-4-8-12-15;1-2-3(4)5;;;/h5-14,17-18H,3-4,15-16H2,1-2H3,(H,22,23);2-12H,1,13H2;2H,1H2,(H,4,5);;;1H. The van der Waals surface area contributed by atoms with Crippen molar-refractivity contribution in [2.45, 2.75) is 33.1 Å². The first-order chi connectivity index (χ1) is 22.8. The van der Waals surface area contributed by atoms with Crippen LogP contribution in [0.2, 0.25) is 0 Å². The Morgan fingerprint density at radius 2 is 1.02 bits per heavy atom. The van der Waals surface area contributed by atoms with Crippen molar-refractivity contribution in [1.29, 1.82) is 4.35 Å². The molecule has 2 unspecified atom stereocenters. The van der Waals surface area contributed by atoms with E-state index < -0.39 is 19.9 Å². The molecule has 0 heterocycles. The monoisotopic (exact) mass is 693 g/mol. The molecular weight excluding hydrogens is 646 g/mol. The fourth-order valence-electron chi connectivity index (χ4n) is 4.75. The zero-order valence-electron chi connectivity index (χ0n) is 28.1. The van der Waals surface area contributed by atoms with Crippen molar-refractivity contribution in [3.63, 3.8) is 0 Å². The number of aliphatic carboxylic acids is 2. The molecule has 4 rings (SSSR count). The van der Waals surface area contributed by atoms with Crippen LogP contribution in [0.4, 0.5) is 0 Å². The summed E-state index contributed by atoms with van der Waals surface area (Å²) in [5.74, 6) is -1.42. The zero-order valence-corrected chi connectivity index (χ0v) is 31.0. The van der Waals surface area contributed by atoms with E-state index in [4.69, 9.17) is 9.45 Å². The summed E-state index contributed by atoms with van der Waals surface area (Å²) in [6.07, 6.45) is 7.47. The van der Waals surface area contributed by atoms with Crippen LogP contribution in [0, 0.1) is 16.2 Å². The quantitative estimate of drug-likeness (QED) is 0.0545. The molecule has 3 N–H and O–H groups in total. The number of allylic oxidation sites excluding steroid dienone is 1. The Kier molecular flexibility index (Phi) is 25.5. The molecule has 2 atom stereocenters. The van der Waals surface area contributed by atoms with Gasteiger partial charge in [-0.1, -0.05) is 154 Å². The van der Waals surface area contributed by atoms with E-state index in [1.54, 1.807) is 16.1 Å². The molecule has 0 fully saturated rings. The first kappa shape index (κ1) is 44.6. The van der Waals surface area contributed by atoms with Crippen LogP contribution in [0.1, 0.15) is 33.1 Å². The van der Waals surface area contributed by atoms with Gasteiger partial charge >= 0.3 is 32.4 Å². The molecule has 0 aliphatic heterocycles. The van der Waals surface area contributed by atoms with Gasteiger partial charge in [-0.3, -0.25) is 4.79 Å². The van der Waals surface area contributed by atoms with Crippen LogP contribution in [0.3, 0.4) is 0 Å². The van der Waals surface area contributed by atoms with Crippen LogP contribution < -0.4 is 21.2 Å². The summed E-state index contributed by atoms with van der Waals surface area (Å²) < 4.78 is 5.67. The molecule has 0 aromatic heterocycles. The summed E-state index contributed by atoms with van der Waals surface area (Å²) >= 11 is 1.67. The van der Waals surface area contributed by atoms with Gasteiger partial charge in [-0.25, -0.2) is 4.79 Å². The molecule has 0 aliphatic carbocycles. The number of nitrogens with one attached hydrogen (secondary N) is 1. The van der Waals surface area contributed by atoms with Crippen LogP contribution in [-0.2, 0) is 9.59 Å². The molecule has 48 heavy (non-hydrogen) atoms. The number of rotatable bonds is 14. The fourth-order valence-corrected chi connectivity index (χ4v) is 9.50. The molecule has 248 valence electrons. The van der Waals surface area contributed by atoms with Crippen molar-refractivity contribution < 1.29 is 19.8 Å². The fraction of sp³-hybridized carbons (Fsp3) is 0.231. The maximum absolute atomic E-state index is 11.4. The Morgan fingerprint density at radius 1 is 0.688 bits per heavy atom. The second-order valence-corrected chi connectivity index (χ2v) is 14.9. The van der Waals surface area contributed by atoms with E-state index >= 15 is 0 Å². The third-order valence-corrected chi connectivity index (χ3v) is 12.4. The summed E-state index contributed by atoms with van der Waals surface area (Å²) in [6, 6.07) is 42.7. The van der Waals surface area contributed by atoms with Crippen molar-refractivity contribution in [2.75, 3.05) is 12.3 Å². The average molecular weight is 694 g/mol. The van der Waals surface area contributed by atoms with Gasteiger partial charge in [-0.05, 0) is 68.1 Å². The number of carbonyl (C=O) groups is 2. The molecule has 0 amide bonds. The van der Waals surface area contributed by atoms with E-state index in [0.29, 0.717) is 12.3 Å². The molecule has 5 nitrogen and oxygen atoms in total. The molecule has 0 aliphatic rings. The second kappa shape index (κ2) is 27.5. The third kappa shape index (κ3) is 17.1. The van der Waals surface area contributed by atoms with Gasteiger partial charge < -0.3 is 10.2 Å². The molecule has 0 bridgehead atoms. The van der Waals surface area contributed by atoms with E-state index in [0.717, 1.165) is 31.2 Å². The Labute approximate surface area is 300 Å². The van der Waals surface area contributed by atoms with Gasteiger partial charge in [0, 0.05) is 14.5 Å². The van der Waals surface area contributed by atoms with Gasteiger partial charge in [0.25, 0.3) is 0 Å². The Balaban J connectivity index is 0.000000793. The van der Waals surface area contributed by atoms with Crippen LogP contribution in [0.5, 0.6) is 0 Å². The van der Waals surface area contributed by atoms with Gasteiger partial charge in [0.1, 0.15) is 0 Å². The zero-order chi connectivity index (χ0) is 34.9. The molecule has 4 radical (unpaired) electrons. The summed E-state index contributed by atoms with van der Waals surface area (Å²) in [4.78, 5) is 20.7. The van der Waals surface area contributed by atoms with E-state index in [9.17, 15) is 14.7 Å². The van der Waals surface area contributed by atoms with Crippen LogP contribution in [0.15, 0.2) is 147 Å². The van der Waals surface area contributed by atoms with Crippen molar-refractivity contribution in [3.05, 3.63) is 147 Å². The first-order valence-electron chi connectivity index (χ1n) is 15.6. The molecule has 0 saturated heterocycles. The van der Waals surface area contributed by atoms with Crippen molar-refractivity contribution in [1.82, 2.24) is 0 Å². The summed E-state index contributed by atoms with van der Waals surface area (Å²) in [6.45, 7) is 11.0. The molecule has 9 heteroatoms. The molecule has 4 aromatic carbocycles. The van der Waals surface area contributed by atoms with Gasteiger partial charge in [-0.2, -0.15) is 0 Å². The minimum absolute atomic E-state index is 0. The first-order valence-corrected chi connectivity index (χ1v) is 19.2. The number of hydrogen-bond acceptors (Lipinski definition) is 3. The van der Waals surface area contributed by atoms with Gasteiger partial charge in [0.2, 0.25) is 0 Å². The predicted molar refractivity (Wildman–Crippen MR) is 210 cm³/mol. The number of hydrogen-bond donors (Lipinski definition) is 3. The molecule has 0 spiro atoms. The average Bonchev–Trinajstić information content (AvgIpc) is 3.13. The minimum atomic E-state index is -0.981. The van der Waals surface area contributed by atoms with Crippen LogP contribution >= 0.6 is 15.8 Å². The normalized spacial score (nSPS) is 11.0. The Morgan fingerprint density at radius 3 is 1.27 bits per heavy atom. The Bertz CT molecular complexity index is 1350. The van der Waals surface area contributed by atoms with Crippen molar-refractivity contribution >= 4 is 73.5 Å². The maximum atomic E-state index is 11.4. The summed E-state index contributed by atoms with van der Waals surface area (Å²) in [5, 5.41) is 22.6. The number of carboxylic acids is 2. The Hall–Kier alpha value is -3.44. The number of benzene rings is 4. The molecular formula is C39H47AlBNO4P2. The number of carboxylic acid groups (broad SMARTS) is 2. The third-order valence-electron chi connectivity index (χ3n) is 7.24. The summed E-state index contributed by atoms with van der Waals surface area (Å²) in [7, 11) is -0.713. The van der Waals surface area contributed by atoms with Gasteiger partial charge in [0.05, 0.1) is 5.92 Å². The SMILES string of the molecule is C=CC(=O)O.C=CCP(c1ccccc1)c1ccccc1.CCC(CC(CC)C(=O)O)CP(c1ccccc1)c1ccccc1.[B].[NH]=[Al]. The van der Waals surface area contributed by atoms with Gasteiger partial charge in [-0.15, -0.1) is 6.58 Å². The van der Waals surface area contributed by atoms with E-state index in [1.807, 2.05) is 13.0 Å². The van der Waals surface area contributed by atoms with E-state index in [-0.39, 0.29) is 22.3 Å². The van der Waals surface area contributed by atoms with E-state index in [1.165, 1.54) is 21.2 Å². The molecule has 0 saturated carbocycles. The van der Waals surface area contributed by atoms with Gasteiger partial charge in [0.15, 0.2) is 0 Å². The topological polar surface area (TPSA) is 98.4 Å². The van der Waals surface area contributed by atoms with Crippen molar-refractivity contribution in [3.8, 4) is 0 Å². The molecule has 4 aromatic rings.